The summed E-state index contributed by atoms with van der Waals surface area (Å²) < 4.78 is 6.65. The zero-order valence-electron chi connectivity index (χ0n) is 39.3. The standard InChI is InChI=1S/C62H53N3S/c1-60(2,3)37-30-45(36-24-26-42(27-25-36)63(40-18-12-10-13-19-40)41-20-14-11-15-21-41)55-47(32-37)48-33-38(61(4,5)6)31-46-43-28-29-51-54(58(43)65(55)56(46)48)50-35-39(62(7,8)9)34-49-53-44-22-16-17-23-52(44)66-59(53)64(51)57(49)50/h10-35H,1-9H3. The van der Waals surface area contributed by atoms with E-state index in [4.69, 9.17) is 0 Å². The zero-order valence-corrected chi connectivity index (χ0v) is 40.1. The highest BCUT2D eigenvalue weighted by molar-refractivity contribution is 7.25. The molecular weight excluding hydrogens is 819 g/mol. The molecule has 66 heavy (non-hydrogen) atoms. The molecule has 0 fully saturated rings. The molecule has 0 unspecified atom stereocenters. The van der Waals surface area contributed by atoms with Crippen LogP contribution in [0.2, 0.25) is 0 Å². The van der Waals surface area contributed by atoms with Gasteiger partial charge < -0.3 is 9.30 Å². The average molecular weight is 872 g/mol. The summed E-state index contributed by atoms with van der Waals surface area (Å²) in [5.74, 6) is 0. The second-order valence-corrected chi connectivity index (χ2v) is 22.9. The van der Waals surface area contributed by atoms with Gasteiger partial charge >= 0.3 is 0 Å². The fourth-order valence-corrected chi connectivity index (χ4v) is 12.4. The zero-order chi connectivity index (χ0) is 45.2. The van der Waals surface area contributed by atoms with Crippen LogP contribution >= 0.6 is 11.3 Å². The summed E-state index contributed by atoms with van der Waals surface area (Å²) in [6.45, 7) is 21.2. The molecule has 0 aliphatic rings. The Balaban J connectivity index is 1.19. The molecule has 0 radical (unpaired) electrons. The van der Waals surface area contributed by atoms with Gasteiger partial charge in [-0.25, -0.2) is 0 Å². The molecule has 0 bridgehead atoms. The molecule has 3 nitrogen and oxygen atoms in total. The van der Waals surface area contributed by atoms with E-state index < -0.39 is 0 Å². The van der Waals surface area contributed by atoms with Crippen molar-refractivity contribution in [2.24, 2.45) is 0 Å². The van der Waals surface area contributed by atoms with E-state index in [2.05, 4.69) is 234 Å². The Morgan fingerprint density at radius 1 is 0.379 bits per heavy atom. The van der Waals surface area contributed by atoms with Crippen LogP contribution in [0.15, 0.2) is 158 Å². The van der Waals surface area contributed by atoms with Gasteiger partial charge in [0.25, 0.3) is 0 Å². The Hall–Kier alpha value is -6.88. The number of rotatable bonds is 4. The highest BCUT2D eigenvalue weighted by Crippen LogP contribution is 2.52. The summed E-state index contributed by atoms with van der Waals surface area (Å²) in [5, 5.41) is 12.1. The van der Waals surface area contributed by atoms with Crippen molar-refractivity contribution in [3.63, 3.8) is 0 Å². The monoisotopic (exact) mass is 871 g/mol. The van der Waals surface area contributed by atoms with Crippen molar-refractivity contribution < 1.29 is 0 Å². The molecule has 5 heterocycles. The second-order valence-electron chi connectivity index (χ2n) is 21.9. The van der Waals surface area contributed by atoms with Crippen molar-refractivity contribution in [3.05, 3.63) is 174 Å². The van der Waals surface area contributed by atoms with Crippen molar-refractivity contribution >= 4 is 114 Å². The van der Waals surface area contributed by atoms with Crippen LogP contribution in [-0.2, 0) is 16.2 Å². The molecule has 0 aliphatic carbocycles. The minimum absolute atomic E-state index is 0.0388. The highest BCUT2D eigenvalue weighted by atomic mass is 32.1. The van der Waals surface area contributed by atoms with E-state index in [-0.39, 0.29) is 16.2 Å². The van der Waals surface area contributed by atoms with Crippen molar-refractivity contribution in [2.75, 3.05) is 4.90 Å². The van der Waals surface area contributed by atoms with Gasteiger partial charge in [0.1, 0.15) is 4.83 Å². The third-order valence-corrected chi connectivity index (χ3v) is 15.7. The van der Waals surface area contributed by atoms with Gasteiger partial charge in [-0.3, -0.25) is 4.40 Å². The van der Waals surface area contributed by atoms with Gasteiger partial charge in [0, 0.05) is 75.8 Å². The number of para-hydroxylation sites is 2. The van der Waals surface area contributed by atoms with Crippen LogP contribution in [0.3, 0.4) is 0 Å². The molecule has 0 N–H and O–H groups in total. The van der Waals surface area contributed by atoms with Gasteiger partial charge in [-0.2, -0.15) is 0 Å². The minimum atomic E-state index is -0.0688. The fraction of sp³-hybridized carbons (Fsp3) is 0.194. The summed E-state index contributed by atoms with van der Waals surface area (Å²) in [6.07, 6.45) is 0. The van der Waals surface area contributed by atoms with Gasteiger partial charge in [0.2, 0.25) is 0 Å². The lowest BCUT2D eigenvalue weighted by Crippen LogP contribution is -2.11. The Morgan fingerprint density at radius 3 is 1.47 bits per heavy atom. The maximum Gasteiger partial charge on any atom is 0.109 e. The van der Waals surface area contributed by atoms with E-state index in [0.29, 0.717) is 0 Å². The number of hydrogen-bond acceptors (Lipinski definition) is 2. The number of fused-ring (bicyclic) bond motifs is 15. The molecule has 8 aromatic carbocycles. The molecule has 0 atom stereocenters. The lowest BCUT2D eigenvalue weighted by molar-refractivity contribution is 0.591. The van der Waals surface area contributed by atoms with E-state index in [1.54, 1.807) is 0 Å². The minimum Gasteiger partial charge on any atom is -0.311 e. The molecule has 13 rings (SSSR count). The molecule has 322 valence electrons. The van der Waals surface area contributed by atoms with E-state index in [9.17, 15) is 0 Å². The first-order chi connectivity index (χ1) is 31.6. The quantitative estimate of drug-likeness (QED) is 0.172. The largest absolute Gasteiger partial charge is 0.311 e. The lowest BCUT2D eigenvalue weighted by Gasteiger charge is -2.26. The predicted molar refractivity (Wildman–Crippen MR) is 287 cm³/mol. The number of anilines is 3. The number of thiophene rings is 1. The number of hydrogen-bond donors (Lipinski definition) is 0. The Labute approximate surface area is 389 Å². The topological polar surface area (TPSA) is 12.1 Å². The van der Waals surface area contributed by atoms with Crippen LogP contribution in [0.4, 0.5) is 17.1 Å². The van der Waals surface area contributed by atoms with Gasteiger partial charge in [-0.1, -0.05) is 135 Å². The summed E-state index contributed by atoms with van der Waals surface area (Å²) in [4.78, 5) is 3.69. The molecule has 13 aromatic rings. The van der Waals surface area contributed by atoms with Crippen LogP contribution < -0.4 is 4.90 Å². The van der Waals surface area contributed by atoms with Gasteiger partial charge in [-0.15, -0.1) is 11.3 Å². The summed E-state index contributed by atoms with van der Waals surface area (Å²) in [5.41, 5.74) is 16.3. The normalized spacial score (nSPS) is 13.2. The third-order valence-electron chi connectivity index (χ3n) is 14.6. The van der Waals surface area contributed by atoms with Crippen molar-refractivity contribution in [1.29, 1.82) is 0 Å². The first-order valence-corrected chi connectivity index (χ1v) is 24.3. The molecule has 0 spiro atoms. The Morgan fingerprint density at radius 2 is 0.864 bits per heavy atom. The van der Waals surface area contributed by atoms with E-state index in [1.807, 2.05) is 11.3 Å². The van der Waals surface area contributed by atoms with Crippen molar-refractivity contribution in [2.45, 2.75) is 78.6 Å². The predicted octanol–water partition coefficient (Wildman–Crippen LogP) is 18.2. The molecule has 0 amide bonds. The fourth-order valence-electron chi connectivity index (χ4n) is 11.1. The van der Waals surface area contributed by atoms with Crippen LogP contribution in [0, 0.1) is 0 Å². The maximum absolute atomic E-state index is 2.70. The SMILES string of the molecule is CC(C)(C)c1cc(-c2ccc(N(c3ccccc3)c3ccccc3)cc2)c2c(c1)c1cc(C(C)(C)C)cc3c4ccc5c(c6cc(C(C)(C)C)cc7c8c9ccccc9sc8n5c76)c4n2c13. The van der Waals surface area contributed by atoms with Crippen molar-refractivity contribution in [3.8, 4) is 11.1 Å². The van der Waals surface area contributed by atoms with Gasteiger partial charge in [0.15, 0.2) is 0 Å². The van der Waals surface area contributed by atoms with E-state index in [1.165, 1.54) is 113 Å². The van der Waals surface area contributed by atoms with E-state index in [0.717, 1.165) is 17.1 Å². The lowest BCUT2D eigenvalue weighted by atomic mass is 9.83. The molecule has 0 aliphatic heterocycles. The molecule has 5 aromatic heterocycles. The number of benzene rings is 8. The molecule has 0 saturated carbocycles. The summed E-state index contributed by atoms with van der Waals surface area (Å²) in [6, 6.07) is 59.7. The first kappa shape index (κ1) is 39.5. The maximum atomic E-state index is 2.70. The third kappa shape index (κ3) is 5.48. The molecule has 0 saturated heterocycles. The van der Waals surface area contributed by atoms with E-state index >= 15 is 0 Å². The van der Waals surface area contributed by atoms with Crippen LogP contribution in [0.5, 0.6) is 0 Å². The van der Waals surface area contributed by atoms with Gasteiger partial charge in [-0.05, 0) is 123 Å². The highest BCUT2D eigenvalue weighted by Gasteiger charge is 2.31. The van der Waals surface area contributed by atoms with Crippen LogP contribution in [0.25, 0.3) is 96.7 Å². The summed E-state index contributed by atoms with van der Waals surface area (Å²) in [7, 11) is 0. The van der Waals surface area contributed by atoms with Crippen molar-refractivity contribution in [1.82, 2.24) is 8.80 Å². The number of aromatic nitrogens is 2. The van der Waals surface area contributed by atoms with Crippen LogP contribution in [-0.4, -0.2) is 8.80 Å². The Bertz CT molecular complexity index is 4030. The second kappa shape index (κ2) is 13.4. The average Bonchev–Trinajstić information content (AvgIpc) is 4.09. The summed E-state index contributed by atoms with van der Waals surface area (Å²) >= 11 is 1.93. The smallest absolute Gasteiger partial charge is 0.109 e. The number of nitrogens with zero attached hydrogens (tertiary/aromatic N) is 3. The van der Waals surface area contributed by atoms with Gasteiger partial charge in [0.05, 0.1) is 27.6 Å². The molecule has 4 heteroatoms. The Kier molecular flexibility index (Phi) is 7.99. The first-order valence-electron chi connectivity index (χ1n) is 23.5. The van der Waals surface area contributed by atoms with Crippen LogP contribution in [0.1, 0.15) is 79.0 Å². The molecular formula is C62H53N3S.